The summed E-state index contributed by atoms with van der Waals surface area (Å²) in [6.45, 7) is 8.26. The first-order valence-electron chi connectivity index (χ1n) is 5.74. The third kappa shape index (κ3) is 2.94. The Morgan fingerprint density at radius 1 is 0.647 bits per heavy atom. The lowest BCUT2D eigenvalue weighted by Gasteiger charge is -2.09. The van der Waals surface area contributed by atoms with Crippen LogP contribution in [-0.4, -0.2) is 0 Å². The number of rotatable bonds is 4. The molecule has 2 rings (SSSR count). The highest BCUT2D eigenvalue weighted by atomic mass is 14.1. The van der Waals surface area contributed by atoms with Crippen molar-refractivity contribution in [1.82, 2.24) is 0 Å². The second-order valence-corrected chi connectivity index (χ2v) is 4.12. The molecule has 17 heavy (non-hydrogen) atoms. The largest absolute Gasteiger partial charge is 0.0949 e. The van der Waals surface area contributed by atoms with Crippen molar-refractivity contribution in [2.75, 3.05) is 0 Å². The predicted molar refractivity (Wildman–Crippen MR) is 75.6 cm³/mol. The minimum atomic E-state index is 0.814. The number of hydrogen-bond acceptors (Lipinski definition) is 0. The molecule has 0 aromatic heterocycles. The van der Waals surface area contributed by atoms with Crippen LogP contribution in [0.4, 0.5) is 0 Å². The first-order chi connectivity index (χ1) is 8.27. The molecule has 0 N–H and O–H groups in total. The van der Waals surface area contributed by atoms with E-state index in [-0.39, 0.29) is 0 Å². The fourth-order valence-electron chi connectivity index (χ4n) is 1.81. The van der Waals surface area contributed by atoms with E-state index < -0.39 is 0 Å². The molecule has 84 valence electrons. The van der Waals surface area contributed by atoms with Gasteiger partial charge < -0.3 is 0 Å². The lowest BCUT2D eigenvalue weighted by Crippen LogP contribution is -1.86. The van der Waals surface area contributed by atoms with E-state index in [0.717, 1.165) is 17.6 Å². The Labute approximate surface area is 103 Å². The Balaban J connectivity index is 2.08. The summed E-state index contributed by atoms with van der Waals surface area (Å²) >= 11 is 0. The highest BCUT2D eigenvalue weighted by Gasteiger charge is 2.02. The molecule has 0 radical (unpaired) electrons. The van der Waals surface area contributed by atoms with Crippen molar-refractivity contribution < 1.29 is 0 Å². The molecule has 0 amide bonds. The van der Waals surface area contributed by atoms with Gasteiger partial charge in [0.05, 0.1) is 0 Å². The second-order valence-electron chi connectivity index (χ2n) is 4.12. The Bertz CT molecular complexity index is 457. The van der Waals surface area contributed by atoms with Crippen LogP contribution in [0.1, 0.15) is 17.5 Å². The summed E-state index contributed by atoms with van der Waals surface area (Å²) in [7, 11) is 0. The van der Waals surface area contributed by atoms with Gasteiger partial charge in [-0.1, -0.05) is 73.8 Å². The van der Waals surface area contributed by atoms with Crippen LogP contribution in [0.15, 0.2) is 73.8 Å². The third-order valence-electron chi connectivity index (χ3n) is 2.79. The van der Waals surface area contributed by atoms with Gasteiger partial charge in [0.1, 0.15) is 0 Å². The molecule has 0 unspecified atom stereocenters. The summed E-state index contributed by atoms with van der Waals surface area (Å²) in [6.07, 6.45) is 0.814. The van der Waals surface area contributed by atoms with Gasteiger partial charge in [-0.2, -0.15) is 0 Å². The second kappa shape index (κ2) is 5.31. The SMILES string of the molecule is C=C(CC(=C)c1ccccc1)c1ccccc1. The zero-order valence-corrected chi connectivity index (χ0v) is 9.89. The van der Waals surface area contributed by atoms with Gasteiger partial charge in [-0.05, 0) is 28.7 Å². The van der Waals surface area contributed by atoms with Crippen LogP contribution in [0.5, 0.6) is 0 Å². The van der Waals surface area contributed by atoms with Crippen molar-refractivity contribution >= 4 is 11.1 Å². The molecule has 0 fully saturated rings. The lowest BCUT2D eigenvalue weighted by molar-refractivity contribution is 1.40. The summed E-state index contributed by atoms with van der Waals surface area (Å²) < 4.78 is 0. The van der Waals surface area contributed by atoms with E-state index in [0.29, 0.717) is 0 Å². The number of benzene rings is 2. The first kappa shape index (κ1) is 11.4. The molecule has 0 aliphatic carbocycles. The molecule has 0 atom stereocenters. The van der Waals surface area contributed by atoms with Crippen molar-refractivity contribution in [1.29, 1.82) is 0 Å². The van der Waals surface area contributed by atoms with Crippen LogP contribution in [0, 0.1) is 0 Å². The van der Waals surface area contributed by atoms with E-state index in [1.165, 1.54) is 11.1 Å². The molecule has 0 bridgehead atoms. The topological polar surface area (TPSA) is 0 Å². The molecule has 0 aliphatic rings. The summed E-state index contributed by atoms with van der Waals surface area (Å²) in [5.74, 6) is 0. The molecular formula is C17H16. The van der Waals surface area contributed by atoms with Gasteiger partial charge in [-0.3, -0.25) is 0 Å². The van der Waals surface area contributed by atoms with E-state index in [2.05, 4.69) is 37.4 Å². The Hall–Kier alpha value is -2.08. The molecule has 0 saturated carbocycles. The Kier molecular flexibility index (Phi) is 3.56. The maximum atomic E-state index is 4.13. The molecule has 0 heterocycles. The summed E-state index contributed by atoms with van der Waals surface area (Å²) in [5, 5.41) is 0. The summed E-state index contributed by atoms with van der Waals surface area (Å²) in [4.78, 5) is 0. The van der Waals surface area contributed by atoms with E-state index in [4.69, 9.17) is 0 Å². The smallest absolute Gasteiger partial charge is 0.00256 e. The molecule has 0 saturated heterocycles. The van der Waals surface area contributed by atoms with Gasteiger partial charge in [0.15, 0.2) is 0 Å². The standard InChI is InChI=1S/C17H16/c1-14(16-9-5-3-6-10-16)13-15(2)17-11-7-4-8-12-17/h3-12H,1-2,13H2. The lowest BCUT2D eigenvalue weighted by atomic mass is 9.96. The fourth-order valence-corrected chi connectivity index (χ4v) is 1.81. The van der Waals surface area contributed by atoms with Gasteiger partial charge >= 0.3 is 0 Å². The highest BCUT2D eigenvalue weighted by molar-refractivity contribution is 5.77. The van der Waals surface area contributed by atoms with Crippen LogP contribution in [0.25, 0.3) is 11.1 Å². The van der Waals surface area contributed by atoms with Gasteiger partial charge in [0.25, 0.3) is 0 Å². The van der Waals surface area contributed by atoms with Crippen LogP contribution in [-0.2, 0) is 0 Å². The summed E-state index contributed by atoms with van der Waals surface area (Å²) in [6, 6.07) is 20.5. The summed E-state index contributed by atoms with van der Waals surface area (Å²) in [5.41, 5.74) is 4.59. The maximum Gasteiger partial charge on any atom is -0.00256 e. The van der Waals surface area contributed by atoms with Crippen molar-refractivity contribution in [3.05, 3.63) is 84.9 Å². The highest BCUT2D eigenvalue weighted by Crippen LogP contribution is 2.25. The van der Waals surface area contributed by atoms with Crippen LogP contribution in [0.2, 0.25) is 0 Å². The van der Waals surface area contributed by atoms with E-state index in [1.807, 2.05) is 36.4 Å². The van der Waals surface area contributed by atoms with Gasteiger partial charge in [-0.15, -0.1) is 0 Å². The van der Waals surface area contributed by atoms with Gasteiger partial charge in [0, 0.05) is 0 Å². The van der Waals surface area contributed by atoms with Gasteiger partial charge in [0.2, 0.25) is 0 Å². The Morgan fingerprint density at radius 3 is 1.35 bits per heavy atom. The minimum absolute atomic E-state index is 0.814. The molecule has 2 aromatic carbocycles. The van der Waals surface area contributed by atoms with Crippen LogP contribution in [0.3, 0.4) is 0 Å². The third-order valence-corrected chi connectivity index (χ3v) is 2.79. The first-order valence-corrected chi connectivity index (χ1v) is 5.74. The van der Waals surface area contributed by atoms with Gasteiger partial charge in [-0.25, -0.2) is 0 Å². The maximum absolute atomic E-state index is 4.13. The van der Waals surface area contributed by atoms with Crippen molar-refractivity contribution in [2.45, 2.75) is 6.42 Å². The average molecular weight is 220 g/mol. The average Bonchev–Trinajstić information content (AvgIpc) is 2.40. The fraction of sp³-hybridized carbons (Fsp3) is 0.0588. The zero-order valence-electron chi connectivity index (χ0n) is 9.89. The number of hydrogen-bond donors (Lipinski definition) is 0. The normalized spacial score (nSPS) is 9.88. The zero-order chi connectivity index (χ0) is 12.1. The van der Waals surface area contributed by atoms with Crippen molar-refractivity contribution in [2.24, 2.45) is 0 Å². The minimum Gasteiger partial charge on any atom is -0.0949 e. The number of allylic oxidation sites excluding steroid dienone is 2. The molecular weight excluding hydrogens is 204 g/mol. The molecule has 0 nitrogen and oxygen atoms in total. The van der Waals surface area contributed by atoms with E-state index in [1.54, 1.807) is 0 Å². The molecule has 0 aliphatic heterocycles. The van der Waals surface area contributed by atoms with E-state index >= 15 is 0 Å². The molecule has 0 spiro atoms. The van der Waals surface area contributed by atoms with Crippen molar-refractivity contribution in [3.63, 3.8) is 0 Å². The molecule has 2 aromatic rings. The Morgan fingerprint density at radius 2 is 1.00 bits per heavy atom. The monoisotopic (exact) mass is 220 g/mol. The van der Waals surface area contributed by atoms with Crippen LogP contribution >= 0.6 is 0 Å². The molecule has 0 heteroatoms. The van der Waals surface area contributed by atoms with Crippen LogP contribution < -0.4 is 0 Å². The predicted octanol–water partition coefficient (Wildman–Crippen LogP) is 4.80. The van der Waals surface area contributed by atoms with E-state index in [9.17, 15) is 0 Å². The quantitative estimate of drug-likeness (QED) is 0.694. The van der Waals surface area contributed by atoms with Crippen molar-refractivity contribution in [3.8, 4) is 0 Å².